The van der Waals surface area contributed by atoms with Crippen LogP contribution in [-0.4, -0.2) is 21.5 Å². The fourth-order valence-corrected chi connectivity index (χ4v) is 6.48. The number of nitrogens with one attached hydrogen (secondary N) is 1. The molecule has 0 saturated heterocycles. The van der Waals surface area contributed by atoms with Gasteiger partial charge in [-0.2, -0.15) is 10.2 Å². The Morgan fingerprint density at radius 1 is 1.21 bits per heavy atom. The zero-order valence-corrected chi connectivity index (χ0v) is 19.7. The molecule has 1 aliphatic carbocycles. The second-order valence-corrected chi connectivity index (χ2v) is 10.7. The van der Waals surface area contributed by atoms with Gasteiger partial charge >= 0.3 is 0 Å². The minimum atomic E-state index is -0.511. The average Bonchev–Trinajstić information content (AvgIpc) is 3.44. The molecule has 6 rings (SSSR count). The van der Waals surface area contributed by atoms with E-state index in [1.807, 2.05) is 12.4 Å². The quantitative estimate of drug-likeness (QED) is 0.688. The highest BCUT2D eigenvalue weighted by atomic mass is 16.1. The maximum Gasteiger partial charge on any atom is 0.164 e. The number of Topliss-reactive ketones (excluding diaryl/α,β-unsaturated/α-hetero) is 1. The number of hydrogen-bond acceptors (Lipinski definition) is 5. The number of fused-ring (bicyclic) bond motifs is 2. The van der Waals surface area contributed by atoms with Gasteiger partial charge in [0.15, 0.2) is 11.9 Å². The van der Waals surface area contributed by atoms with Gasteiger partial charge in [0.2, 0.25) is 0 Å². The van der Waals surface area contributed by atoms with E-state index in [1.54, 1.807) is 0 Å². The van der Waals surface area contributed by atoms with Gasteiger partial charge in [0.05, 0.1) is 23.5 Å². The number of imidazole rings is 1. The number of rotatable bonds is 3. The Morgan fingerprint density at radius 2 is 2.09 bits per heavy atom. The molecule has 0 saturated carbocycles. The van der Waals surface area contributed by atoms with Crippen LogP contribution in [0.1, 0.15) is 64.3 Å². The molecule has 0 amide bonds. The summed E-state index contributed by atoms with van der Waals surface area (Å²) in [7, 11) is 0. The van der Waals surface area contributed by atoms with Crippen molar-refractivity contribution in [3.05, 3.63) is 64.9 Å². The summed E-state index contributed by atoms with van der Waals surface area (Å²) in [6, 6.07) is 8.76. The summed E-state index contributed by atoms with van der Waals surface area (Å²) in [4.78, 5) is 18.4. The molecule has 2 aromatic rings. The van der Waals surface area contributed by atoms with Crippen molar-refractivity contribution in [3.8, 4) is 11.3 Å². The monoisotopic (exact) mass is 441 g/mol. The summed E-state index contributed by atoms with van der Waals surface area (Å²) in [5.41, 5.74) is 5.97. The number of carbonyl (C=O) groups is 1. The van der Waals surface area contributed by atoms with E-state index in [1.165, 1.54) is 24.4 Å². The molecule has 0 fully saturated rings. The number of carbonyl (C=O) groups excluding carboxylic acids is 1. The van der Waals surface area contributed by atoms with Crippen molar-refractivity contribution < 1.29 is 4.79 Å². The van der Waals surface area contributed by atoms with Crippen LogP contribution in [0.3, 0.4) is 0 Å². The first kappa shape index (κ1) is 20.6. The molecule has 0 spiro atoms. The Kier molecular flexibility index (Phi) is 4.51. The molecular formula is C27H31N5O. The summed E-state index contributed by atoms with van der Waals surface area (Å²) in [5, 5.41) is 12.3. The summed E-state index contributed by atoms with van der Waals surface area (Å²) in [6.45, 7) is 7.56. The van der Waals surface area contributed by atoms with Crippen molar-refractivity contribution in [2.75, 3.05) is 0 Å². The topological polar surface area (TPSA) is 71.6 Å². The standard InChI is InChI=1S/C27H31N5O/c1-4-27(18-9-7-8-17(12-18)21-16-28-23-10-5-6-11-32(21)23)19-15-29-31-25(19)30-20-13-26(2,3)14-22(33)24(20)27/h7-9,12,15-16,25,30H,4-6,10-11,13-14H2,1-3H3/t25?,27-/m1/s1. The van der Waals surface area contributed by atoms with Gasteiger partial charge in [-0.1, -0.05) is 39.0 Å². The van der Waals surface area contributed by atoms with Crippen molar-refractivity contribution >= 4 is 5.78 Å². The molecule has 1 aromatic carbocycles. The van der Waals surface area contributed by atoms with Crippen LogP contribution in [0.4, 0.5) is 0 Å². The fourth-order valence-electron chi connectivity index (χ4n) is 6.48. The van der Waals surface area contributed by atoms with E-state index in [-0.39, 0.29) is 17.4 Å². The minimum Gasteiger partial charge on any atom is -0.362 e. The average molecular weight is 442 g/mol. The molecule has 170 valence electrons. The van der Waals surface area contributed by atoms with Crippen LogP contribution in [-0.2, 0) is 23.2 Å². The number of ketones is 1. The molecule has 1 aromatic heterocycles. The number of benzene rings is 1. The zero-order chi connectivity index (χ0) is 22.8. The molecule has 0 radical (unpaired) electrons. The van der Waals surface area contributed by atoms with Crippen LogP contribution in [0, 0.1) is 5.41 Å². The van der Waals surface area contributed by atoms with Crippen LogP contribution in [0.25, 0.3) is 11.3 Å². The predicted octanol–water partition coefficient (Wildman–Crippen LogP) is 5.46. The van der Waals surface area contributed by atoms with Crippen LogP contribution >= 0.6 is 0 Å². The van der Waals surface area contributed by atoms with E-state index in [4.69, 9.17) is 4.98 Å². The van der Waals surface area contributed by atoms with Gasteiger partial charge in [-0.3, -0.25) is 4.79 Å². The minimum absolute atomic E-state index is 0.0577. The number of allylic oxidation sites excluding steroid dienone is 2. The van der Waals surface area contributed by atoms with Crippen LogP contribution in [0.5, 0.6) is 0 Å². The van der Waals surface area contributed by atoms with Crippen molar-refractivity contribution in [1.29, 1.82) is 0 Å². The van der Waals surface area contributed by atoms with Gasteiger partial charge in [0.1, 0.15) is 5.82 Å². The Hall–Kier alpha value is -3.02. The molecule has 4 aliphatic rings. The highest BCUT2D eigenvalue weighted by molar-refractivity contribution is 6.01. The van der Waals surface area contributed by atoms with Crippen molar-refractivity contribution in [1.82, 2.24) is 14.9 Å². The lowest BCUT2D eigenvalue weighted by Crippen LogP contribution is -2.51. The lowest BCUT2D eigenvalue weighted by molar-refractivity contribution is -0.119. The predicted molar refractivity (Wildman–Crippen MR) is 127 cm³/mol. The Balaban J connectivity index is 1.54. The SMILES string of the molecule is CC[C@@]1(c2cccc(-c3cnc4n3CCCC4)c2)C2=CN=NC2NC2=C1C(=O)CC(C)(C)C2. The highest BCUT2D eigenvalue weighted by Crippen LogP contribution is 2.54. The van der Waals surface area contributed by atoms with Gasteiger partial charge in [0.25, 0.3) is 0 Å². The fraction of sp³-hybridized carbons (Fsp3) is 0.481. The smallest absolute Gasteiger partial charge is 0.164 e. The number of azo groups is 1. The molecule has 1 unspecified atom stereocenters. The molecule has 4 heterocycles. The Labute approximate surface area is 194 Å². The Bertz CT molecular complexity index is 1250. The normalized spacial score (nSPS) is 27.5. The van der Waals surface area contributed by atoms with Crippen molar-refractivity contribution in [2.24, 2.45) is 15.6 Å². The van der Waals surface area contributed by atoms with Crippen LogP contribution < -0.4 is 5.32 Å². The van der Waals surface area contributed by atoms with E-state index >= 15 is 0 Å². The zero-order valence-electron chi connectivity index (χ0n) is 19.7. The lowest BCUT2D eigenvalue weighted by atomic mass is 9.58. The number of nitrogens with zero attached hydrogens (tertiary/aromatic N) is 4. The summed E-state index contributed by atoms with van der Waals surface area (Å²) in [6.07, 6.45) is 9.36. The third-order valence-corrected chi connectivity index (χ3v) is 7.93. The van der Waals surface area contributed by atoms with Gasteiger partial charge < -0.3 is 9.88 Å². The summed E-state index contributed by atoms with van der Waals surface area (Å²) >= 11 is 0. The largest absolute Gasteiger partial charge is 0.362 e. The van der Waals surface area contributed by atoms with Gasteiger partial charge in [-0.15, -0.1) is 0 Å². The number of aryl methyl sites for hydroxylation is 1. The molecule has 33 heavy (non-hydrogen) atoms. The first-order chi connectivity index (χ1) is 15.9. The van der Waals surface area contributed by atoms with E-state index in [0.717, 1.165) is 53.8 Å². The molecule has 6 heteroatoms. The summed E-state index contributed by atoms with van der Waals surface area (Å²) < 4.78 is 2.37. The summed E-state index contributed by atoms with van der Waals surface area (Å²) in [5.74, 6) is 1.42. The van der Waals surface area contributed by atoms with Crippen molar-refractivity contribution in [2.45, 2.75) is 77.4 Å². The maximum absolute atomic E-state index is 13.7. The Morgan fingerprint density at radius 3 is 2.94 bits per heavy atom. The van der Waals surface area contributed by atoms with Gasteiger partial charge in [-0.05, 0) is 42.7 Å². The van der Waals surface area contributed by atoms with Crippen molar-refractivity contribution in [3.63, 3.8) is 0 Å². The molecule has 0 bridgehead atoms. The van der Waals surface area contributed by atoms with Crippen LogP contribution in [0.15, 0.2) is 63.7 Å². The number of aromatic nitrogens is 2. The second kappa shape index (κ2) is 7.24. The first-order valence-corrected chi connectivity index (χ1v) is 12.2. The van der Waals surface area contributed by atoms with E-state index < -0.39 is 5.41 Å². The lowest BCUT2D eigenvalue weighted by Gasteiger charge is -2.47. The molecule has 2 atom stereocenters. The highest BCUT2D eigenvalue weighted by Gasteiger charge is 2.53. The van der Waals surface area contributed by atoms with Gasteiger partial charge in [0, 0.05) is 41.8 Å². The second-order valence-electron chi connectivity index (χ2n) is 10.7. The maximum atomic E-state index is 13.7. The first-order valence-electron chi connectivity index (χ1n) is 12.2. The molecule has 1 N–H and O–H groups in total. The number of hydrogen-bond donors (Lipinski definition) is 1. The van der Waals surface area contributed by atoms with E-state index in [0.29, 0.717) is 6.42 Å². The van der Waals surface area contributed by atoms with E-state index in [9.17, 15) is 4.79 Å². The third kappa shape index (κ3) is 2.99. The molecular weight excluding hydrogens is 410 g/mol. The molecule has 6 nitrogen and oxygen atoms in total. The third-order valence-electron chi connectivity index (χ3n) is 7.93. The van der Waals surface area contributed by atoms with E-state index in [2.05, 4.69) is 65.1 Å². The van der Waals surface area contributed by atoms with Gasteiger partial charge in [-0.25, -0.2) is 4.98 Å². The van der Waals surface area contributed by atoms with Crippen LogP contribution in [0.2, 0.25) is 0 Å². The molecule has 3 aliphatic heterocycles.